The summed E-state index contributed by atoms with van der Waals surface area (Å²) in [5, 5.41) is 2.84. The minimum atomic E-state index is -0.490. The molecule has 2 amide bonds. The second kappa shape index (κ2) is 8.24. The highest BCUT2D eigenvalue weighted by Gasteiger charge is 2.32. The van der Waals surface area contributed by atoms with Crippen molar-refractivity contribution in [1.29, 1.82) is 0 Å². The number of nitrogens with two attached hydrogens (primary N) is 1. The minimum absolute atomic E-state index is 0.0460. The van der Waals surface area contributed by atoms with Crippen molar-refractivity contribution >= 4 is 17.6 Å². The Balaban J connectivity index is 1.95. The summed E-state index contributed by atoms with van der Waals surface area (Å²) >= 11 is 0. The summed E-state index contributed by atoms with van der Waals surface area (Å²) in [4.78, 5) is 30.9. The van der Waals surface area contributed by atoms with Crippen molar-refractivity contribution in [1.82, 2.24) is 9.88 Å². The summed E-state index contributed by atoms with van der Waals surface area (Å²) in [5.74, 6) is 0.347. The van der Waals surface area contributed by atoms with Gasteiger partial charge in [0.15, 0.2) is 0 Å². The monoisotopic (exact) mass is 332 g/mol. The fourth-order valence-electron chi connectivity index (χ4n) is 2.87. The second-order valence-electron chi connectivity index (χ2n) is 6.74. The number of amides is 2. The normalized spacial score (nSPS) is 20.3. The number of anilines is 1. The van der Waals surface area contributed by atoms with Crippen molar-refractivity contribution in [3.05, 3.63) is 23.9 Å². The van der Waals surface area contributed by atoms with E-state index in [9.17, 15) is 9.59 Å². The first kappa shape index (κ1) is 18.4. The number of piperidine rings is 1. The molecule has 3 N–H and O–H groups in total. The highest BCUT2D eigenvalue weighted by Crippen LogP contribution is 2.20. The fourth-order valence-corrected chi connectivity index (χ4v) is 2.87. The number of aryl methyl sites for hydroxylation is 1. The molecule has 3 atom stereocenters. The summed E-state index contributed by atoms with van der Waals surface area (Å²) in [6.07, 6.45) is 4.18. The maximum absolute atomic E-state index is 12.5. The Kier molecular flexibility index (Phi) is 6.31. The molecule has 0 spiro atoms. The van der Waals surface area contributed by atoms with Crippen molar-refractivity contribution in [3.63, 3.8) is 0 Å². The molecule has 1 fully saturated rings. The molecule has 24 heavy (non-hydrogen) atoms. The lowest BCUT2D eigenvalue weighted by Crippen LogP contribution is -2.51. The van der Waals surface area contributed by atoms with Gasteiger partial charge in [-0.1, -0.05) is 26.3 Å². The highest BCUT2D eigenvalue weighted by molar-refractivity contribution is 5.92. The Morgan fingerprint density at radius 1 is 1.46 bits per heavy atom. The number of hydrogen-bond donors (Lipinski definition) is 2. The molecule has 6 nitrogen and oxygen atoms in total. The van der Waals surface area contributed by atoms with E-state index in [0.717, 1.165) is 24.8 Å². The Bertz CT molecular complexity index is 573. The van der Waals surface area contributed by atoms with Gasteiger partial charge in [0.2, 0.25) is 11.8 Å². The molecule has 0 bridgehead atoms. The first-order valence-electron chi connectivity index (χ1n) is 8.70. The minimum Gasteiger partial charge on any atom is -0.341 e. The molecule has 0 saturated carbocycles. The Morgan fingerprint density at radius 2 is 2.21 bits per heavy atom. The van der Waals surface area contributed by atoms with Crippen LogP contribution in [0.1, 0.15) is 38.7 Å². The first-order valence-corrected chi connectivity index (χ1v) is 8.70. The van der Waals surface area contributed by atoms with Crippen molar-refractivity contribution in [2.45, 2.75) is 46.1 Å². The maximum Gasteiger partial charge on any atom is 0.239 e. The van der Waals surface area contributed by atoms with Crippen molar-refractivity contribution < 1.29 is 9.59 Å². The topological polar surface area (TPSA) is 88.3 Å². The molecule has 1 aliphatic rings. The number of nitrogens with zero attached hydrogens (tertiary/aromatic N) is 2. The SMILES string of the molecule is CCC(C)C(N)C(=O)N1CCCC(C(=O)Nc2ccc(C)cn2)C1. The predicted octanol–water partition coefficient (Wildman–Crippen LogP) is 1.94. The molecule has 1 aromatic rings. The first-order chi connectivity index (χ1) is 11.4. The lowest BCUT2D eigenvalue weighted by molar-refractivity contribution is -0.136. The van der Waals surface area contributed by atoms with Crippen LogP contribution in [0.2, 0.25) is 0 Å². The van der Waals surface area contributed by atoms with Gasteiger partial charge in [-0.2, -0.15) is 0 Å². The average Bonchev–Trinajstić information content (AvgIpc) is 2.61. The standard InChI is InChI=1S/C18H28N4O2/c1-4-13(3)16(19)18(24)22-9-5-6-14(11-22)17(23)21-15-8-7-12(2)10-20-15/h7-8,10,13-14,16H,4-6,9,11,19H2,1-3H3,(H,20,21,23). The van der Waals surface area contributed by atoms with Crippen molar-refractivity contribution in [3.8, 4) is 0 Å². The summed E-state index contributed by atoms with van der Waals surface area (Å²) in [7, 11) is 0. The summed E-state index contributed by atoms with van der Waals surface area (Å²) in [6.45, 7) is 7.07. The van der Waals surface area contributed by atoms with Crippen LogP contribution in [0.25, 0.3) is 0 Å². The number of aromatic nitrogens is 1. The zero-order valence-corrected chi connectivity index (χ0v) is 14.8. The van der Waals surface area contributed by atoms with E-state index in [-0.39, 0.29) is 23.7 Å². The van der Waals surface area contributed by atoms with E-state index in [1.165, 1.54) is 0 Å². The largest absolute Gasteiger partial charge is 0.341 e. The molecule has 132 valence electrons. The molecule has 6 heteroatoms. The van der Waals surface area contributed by atoms with Gasteiger partial charge in [0.25, 0.3) is 0 Å². The zero-order valence-electron chi connectivity index (χ0n) is 14.8. The number of rotatable bonds is 5. The molecular formula is C18H28N4O2. The number of nitrogens with one attached hydrogen (secondary N) is 1. The van der Waals surface area contributed by atoms with Crippen molar-refractivity contribution in [2.75, 3.05) is 18.4 Å². The van der Waals surface area contributed by atoms with Gasteiger partial charge in [-0.15, -0.1) is 0 Å². The zero-order chi connectivity index (χ0) is 17.7. The quantitative estimate of drug-likeness (QED) is 0.862. The molecule has 3 unspecified atom stereocenters. The van der Waals surface area contributed by atoms with Crippen LogP contribution in [0, 0.1) is 18.8 Å². The van der Waals surface area contributed by atoms with Crippen LogP contribution in [0.3, 0.4) is 0 Å². The lowest BCUT2D eigenvalue weighted by atomic mass is 9.94. The molecule has 1 aliphatic heterocycles. The smallest absolute Gasteiger partial charge is 0.239 e. The Hall–Kier alpha value is -1.95. The van der Waals surface area contributed by atoms with E-state index < -0.39 is 6.04 Å². The summed E-state index contributed by atoms with van der Waals surface area (Å²) in [6, 6.07) is 3.21. The van der Waals surface area contributed by atoms with E-state index in [2.05, 4.69) is 10.3 Å². The molecule has 2 rings (SSSR count). The second-order valence-corrected chi connectivity index (χ2v) is 6.74. The molecule has 0 aliphatic carbocycles. The number of carbonyl (C=O) groups excluding carboxylic acids is 2. The van der Waals surface area contributed by atoms with E-state index in [1.54, 1.807) is 17.2 Å². The van der Waals surface area contributed by atoms with Crippen LogP contribution in [-0.2, 0) is 9.59 Å². The van der Waals surface area contributed by atoms with Gasteiger partial charge in [0.1, 0.15) is 5.82 Å². The van der Waals surface area contributed by atoms with Crippen LogP contribution >= 0.6 is 0 Å². The summed E-state index contributed by atoms with van der Waals surface area (Å²) in [5.41, 5.74) is 7.10. The van der Waals surface area contributed by atoms with Gasteiger partial charge >= 0.3 is 0 Å². The summed E-state index contributed by atoms with van der Waals surface area (Å²) < 4.78 is 0. The van der Waals surface area contributed by atoms with Gasteiger partial charge in [-0.25, -0.2) is 4.98 Å². The van der Waals surface area contributed by atoms with Crippen LogP contribution in [-0.4, -0.2) is 40.8 Å². The molecule has 2 heterocycles. The van der Waals surface area contributed by atoms with E-state index in [4.69, 9.17) is 5.73 Å². The Labute approximate surface area is 143 Å². The van der Waals surface area contributed by atoms with Crippen LogP contribution in [0.15, 0.2) is 18.3 Å². The fraction of sp³-hybridized carbons (Fsp3) is 0.611. The molecule has 1 saturated heterocycles. The van der Waals surface area contributed by atoms with Crippen LogP contribution in [0.5, 0.6) is 0 Å². The van der Waals surface area contributed by atoms with Crippen molar-refractivity contribution in [2.24, 2.45) is 17.6 Å². The lowest BCUT2D eigenvalue weighted by Gasteiger charge is -2.34. The van der Waals surface area contributed by atoms with Gasteiger partial charge in [-0.3, -0.25) is 9.59 Å². The number of likely N-dealkylation sites (tertiary alicyclic amines) is 1. The predicted molar refractivity (Wildman–Crippen MR) is 94.3 cm³/mol. The van der Waals surface area contributed by atoms with Gasteiger partial charge in [0, 0.05) is 19.3 Å². The molecule has 0 aromatic carbocycles. The average molecular weight is 332 g/mol. The third-order valence-electron chi connectivity index (χ3n) is 4.81. The molecular weight excluding hydrogens is 304 g/mol. The molecule has 0 radical (unpaired) electrons. The molecule has 1 aromatic heterocycles. The van der Waals surface area contributed by atoms with E-state index in [0.29, 0.717) is 18.9 Å². The van der Waals surface area contributed by atoms with Gasteiger partial charge in [0.05, 0.1) is 12.0 Å². The Morgan fingerprint density at radius 3 is 2.83 bits per heavy atom. The third-order valence-corrected chi connectivity index (χ3v) is 4.81. The number of hydrogen-bond acceptors (Lipinski definition) is 4. The highest BCUT2D eigenvalue weighted by atomic mass is 16.2. The number of pyridine rings is 1. The van der Waals surface area contributed by atoms with E-state index >= 15 is 0 Å². The maximum atomic E-state index is 12.5. The third kappa shape index (κ3) is 4.54. The van der Waals surface area contributed by atoms with Gasteiger partial charge in [-0.05, 0) is 37.3 Å². The number of carbonyl (C=O) groups is 2. The van der Waals surface area contributed by atoms with Crippen LogP contribution in [0.4, 0.5) is 5.82 Å². The van der Waals surface area contributed by atoms with Gasteiger partial charge < -0.3 is 16.0 Å². The van der Waals surface area contributed by atoms with Crippen LogP contribution < -0.4 is 11.1 Å². The van der Waals surface area contributed by atoms with E-state index in [1.807, 2.05) is 26.8 Å².